The zero-order valence-corrected chi connectivity index (χ0v) is 39.2. The van der Waals surface area contributed by atoms with Crippen LogP contribution in [0.4, 0.5) is 17.1 Å². The molecule has 0 atom stereocenters. The van der Waals surface area contributed by atoms with Gasteiger partial charge in [0.05, 0.1) is 0 Å². The molecule has 11 rings (SSSR count). The largest absolute Gasteiger partial charge is 0.310 e. The number of rotatable bonds is 9. The van der Waals surface area contributed by atoms with Crippen LogP contribution in [-0.4, -0.2) is 0 Å². The van der Waals surface area contributed by atoms with Crippen molar-refractivity contribution in [2.45, 2.75) is 140 Å². The van der Waals surface area contributed by atoms with Gasteiger partial charge in [0.15, 0.2) is 0 Å². The van der Waals surface area contributed by atoms with Crippen LogP contribution in [0.1, 0.15) is 161 Å². The smallest absolute Gasteiger partial charge is 0.0465 e. The molecule has 4 aliphatic rings. The molecule has 0 aliphatic heterocycles. The molecular formula is C64H67N. The van der Waals surface area contributed by atoms with Gasteiger partial charge in [-0.3, -0.25) is 0 Å². The van der Waals surface area contributed by atoms with Crippen LogP contribution in [0.25, 0.3) is 44.5 Å². The summed E-state index contributed by atoms with van der Waals surface area (Å²) in [6.07, 6.45) is 20.4. The van der Waals surface area contributed by atoms with Crippen molar-refractivity contribution in [2.24, 2.45) is 0 Å². The van der Waals surface area contributed by atoms with Crippen molar-refractivity contribution >= 4 is 17.1 Å². The second kappa shape index (κ2) is 18.0. The van der Waals surface area contributed by atoms with E-state index in [0.717, 1.165) is 5.92 Å². The van der Waals surface area contributed by atoms with Crippen molar-refractivity contribution in [1.82, 2.24) is 0 Å². The summed E-state index contributed by atoms with van der Waals surface area (Å²) < 4.78 is 0. The zero-order chi connectivity index (χ0) is 43.9. The molecule has 0 unspecified atom stereocenters. The minimum absolute atomic E-state index is 0.0842. The second-order valence-electron chi connectivity index (χ2n) is 20.9. The number of benzene rings is 7. The van der Waals surface area contributed by atoms with Crippen LogP contribution in [0.15, 0.2) is 152 Å². The quantitative estimate of drug-likeness (QED) is 0.140. The molecule has 1 nitrogen and oxygen atoms in total. The summed E-state index contributed by atoms with van der Waals surface area (Å²) in [4.78, 5) is 2.48. The molecule has 328 valence electrons. The Hall–Kier alpha value is -5.66. The highest BCUT2D eigenvalue weighted by atomic mass is 15.1. The molecule has 65 heavy (non-hydrogen) atoms. The van der Waals surface area contributed by atoms with Crippen LogP contribution < -0.4 is 4.90 Å². The Balaban J connectivity index is 0.945. The normalized spacial score (nSPS) is 17.7. The first-order valence-corrected chi connectivity index (χ1v) is 25.5. The standard InChI is InChI=1S/C64H67N/c1-44-38-57(34-36-59(44)52-23-15-22-51(39-52)55-41-53(46-18-9-5-10-19-46)40-54(42-55)47-20-11-6-12-21-47)65(58-35-37-61-60-24-13-14-25-62(60)64(2,3)63(61)43-58)56-32-30-50(31-33-56)49-28-26-48(27-29-49)45-16-7-4-8-17-45/h13-15,22-43,45-47H,4-12,16-21H2,1-3H3. The highest BCUT2D eigenvalue weighted by Crippen LogP contribution is 2.51. The minimum atomic E-state index is -0.0842. The van der Waals surface area contributed by atoms with Crippen molar-refractivity contribution in [3.63, 3.8) is 0 Å². The Morgan fingerprint density at radius 2 is 0.862 bits per heavy atom. The number of aryl methyl sites for hydroxylation is 1. The van der Waals surface area contributed by atoms with Crippen LogP contribution in [-0.2, 0) is 5.41 Å². The van der Waals surface area contributed by atoms with Crippen LogP contribution in [0.3, 0.4) is 0 Å². The van der Waals surface area contributed by atoms with Gasteiger partial charge in [-0.25, -0.2) is 0 Å². The molecule has 0 radical (unpaired) electrons. The van der Waals surface area contributed by atoms with E-state index in [1.54, 1.807) is 11.1 Å². The van der Waals surface area contributed by atoms with Crippen molar-refractivity contribution in [1.29, 1.82) is 0 Å². The summed E-state index contributed by atoms with van der Waals surface area (Å²) in [6, 6.07) is 59.2. The van der Waals surface area contributed by atoms with E-state index in [1.807, 2.05) is 0 Å². The van der Waals surface area contributed by atoms with E-state index in [0.29, 0.717) is 11.8 Å². The van der Waals surface area contributed by atoms with Gasteiger partial charge < -0.3 is 4.90 Å². The first kappa shape index (κ1) is 42.0. The van der Waals surface area contributed by atoms with Gasteiger partial charge in [0.1, 0.15) is 0 Å². The Morgan fingerprint density at radius 3 is 1.48 bits per heavy atom. The third-order valence-corrected chi connectivity index (χ3v) is 16.4. The van der Waals surface area contributed by atoms with E-state index < -0.39 is 0 Å². The summed E-state index contributed by atoms with van der Waals surface area (Å²) in [5, 5.41) is 0. The lowest BCUT2D eigenvalue weighted by Gasteiger charge is -2.29. The average molecular weight is 850 g/mol. The number of fused-ring (bicyclic) bond motifs is 3. The SMILES string of the molecule is Cc1cc(N(c2ccc(-c3ccc(C4CCCCC4)cc3)cc2)c2ccc3c(c2)C(C)(C)c2ccccc2-3)ccc1-c1cccc(-c2cc(C3CCCCC3)cc(C3CCCCC3)c2)c1. The van der Waals surface area contributed by atoms with Gasteiger partial charge in [-0.1, -0.05) is 181 Å². The molecule has 0 N–H and O–H groups in total. The van der Waals surface area contributed by atoms with Gasteiger partial charge >= 0.3 is 0 Å². The predicted octanol–water partition coefficient (Wildman–Crippen LogP) is 18.9. The summed E-state index contributed by atoms with van der Waals surface area (Å²) >= 11 is 0. The average Bonchev–Trinajstić information content (AvgIpc) is 3.60. The third-order valence-electron chi connectivity index (χ3n) is 16.4. The maximum Gasteiger partial charge on any atom is 0.0465 e. The maximum atomic E-state index is 2.62. The number of anilines is 3. The van der Waals surface area contributed by atoms with Gasteiger partial charge in [0.2, 0.25) is 0 Å². The third kappa shape index (κ3) is 8.30. The monoisotopic (exact) mass is 850 g/mol. The Bertz CT molecular complexity index is 2750. The molecule has 1 heteroatoms. The highest BCUT2D eigenvalue weighted by molar-refractivity contribution is 5.87. The van der Waals surface area contributed by atoms with Gasteiger partial charge in [-0.05, 0) is 184 Å². The number of hydrogen-bond donors (Lipinski definition) is 0. The van der Waals surface area contributed by atoms with E-state index in [9.17, 15) is 0 Å². The molecule has 0 bridgehead atoms. The van der Waals surface area contributed by atoms with Crippen molar-refractivity contribution in [3.8, 4) is 44.5 Å². The van der Waals surface area contributed by atoms with E-state index in [2.05, 4.69) is 177 Å². The Labute approximate surface area is 390 Å². The van der Waals surface area contributed by atoms with Crippen molar-refractivity contribution in [3.05, 3.63) is 185 Å². The van der Waals surface area contributed by atoms with E-state index in [-0.39, 0.29) is 5.41 Å². The summed E-state index contributed by atoms with van der Waals surface area (Å²) in [7, 11) is 0. The predicted molar refractivity (Wildman–Crippen MR) is 277 cm³/mol. The van der Waals surface area contributed by atoms with Crippen molar-refractivity contribution in [2.75, 3.05) is 4.90 Å². The van der Waals surface area contributed by atoms with E-state index >= 15 is 0 Å². The number of hydrogen-bond acceptors (Lipinski definition) is 1. The first-order chi connectivity index (χ1) is 31.9. The van der Waals surface area contributed by atoms with Crippen LogP contribution in [0.2, 0.25) is 0 Å². The summed E-state index contributed by atoms with van der Waals surface area (Å²) in [5.74, 6) is 2.13. The van der Waals surface area contributed by atoms with Crippen molar-refractivity contribution < 1.29 is 0 Å². The first-order valence-electron chi connectivity index (χ1n) is 25.5. The topological polar surface area (TPSA) is 3.24 Å². The van der Waals surface area contributed by atoms with E-state index in [4.69, 9.17) is 0 Å². The molecule has 7 aromatic carbocycles. The molecule has 7 aromatic rings. The fourth-order valence-electron chi connectivity index (χ4n) is 12.6. The van der Waals surface area contributed by atoms with Gasteiger partial charge in [-0.2, -0.15) is 0 Å². The highest BCUT2D eigenvalue weighted by Gasteiger charge is 2.36. The fourth-order valence-corrected chi connectivity index (χ4v) is 12.6. The van der Waals surface area contributed by atoms with Crippen LogP contribution in [0.5, 0.6) is 0 Å². The molecule has 0 spiro atoms. The lowest BCUT2D eigenvalue weighted by atomic mass is 9.78. The molecule has 0 saturated heterocycles. The molecule has 0 amide bonds. The zero-order valence-electron chi connectivity index (χ0n) is 39.2. The van der Waals surface area contributed by atoms with Gasteiger partial charge in [0.25, 0.3) is 0 Å². The van der Waals surface area contributed by atoms with Crippen LogP contribution >= 0.6 is 0 Å². The lowest BCUT2D eigenvalue weighted by molar-refractivity contribution is 0.435. The summed E-state index contributed by atoms with van der Waals surface area (Å²) in [5.41, 5.74) is 22.8. The van der Waals surface area contributed by atoms with Crippen LogP contribution in [0, 0.1) is 6.92 Å². The summed E-state index contributed by atoms with van der Waals surface area (Å²) in [6.45, 7) is 7.07. The number of nitrogens with zero attached hydrogens (tertiary/aromatic N) is 1. The Morgan fingerprint density at radius 1 is 0.354 bits per heavy atom. The molecular weight excluding hydrogens is 783 g/mol. The maximum absolute atomic E-state index is 2.62. The Kier molecular flexibility index (Phi) is 11.6. The molecule has 4 aliphatic carbocycles. The molecule has 3 saturated carbocycles. The minimum Gasteiger partial charge on any atom is -0.310 e. The second-order valence-corrected chi connectivity index (χ2v) is 20.9. The molecule has 3 fully saturated rings. The lowest BCUT2D eigenvalue weighted by Crippen LogP contribution is -2.16. The fraction of sp³-hybridized carbons (Fsp3) is 0.344. The van der Waals surface area contributed by atoms with E-state index in [1.165, 1.54) is 180 Å². The van der Waals surface area contributed by atoms with Gasteiger partial charge in [0, 0.05) is 22.5 Å². The van der Waals surface area contributed by atoms with Gasteiger partial charge in [-0.15, -0.1) is 0 Å². The molecule has 0 aromatic heterocycles. The molecule has 0 heterocycles.